The van der Waals surface area contributed by atoms with E-state index < -0.39 is 0 Å². The lowest BCUT2D eigenvalue weighted by Crippen LogP contribution is -2.09. The number of amides is 1. The fourth-order valence-electron chi connectivity index (χ4n) is 2.64. The molecule has 0 spiro atoms. The van der Waals surface area contributed by atoms with Crippen LogP contribution in [0.1, 0.15) is 90.4 Å². The number of aliphatic hydroxyl groups excluding tert-OH is 1. The van der Waals surface area contributed by atoms with Crippen LogP contribution in [0.5, 0.6) is 0 Å². The number of hydrogen-bond donors (Lipinski definition) is 2. The van der Waals surface area contributed by atoms with Crippen LogP contribution in [0.15, 0.2) is 24.3 Å². The molecular formula is C21H39NO2. The molecule has 0 heterocycles. The zero-order valence-corrected chi connectivity index (χ0v) is 15.7. The average molecular weight is 338 g/mol. The first-order valence-electron chi connectivity index (χ1n) is 9.87. The molecule has 0 saturated heterocycles. The molecule has 24 heavy (non-hydrogen) atoms. The van der Waals surface area contributed by atoms with Gasteiger partial charge in [-0.1, -0.05) is 69.8 Å². The van der Waals surface area contributed by atoms with Gasteiger partial charge in [0, 0.05) is 13.0 Å². The highest BCUT2D eigenvalue weighted by atomic mass is 16.3. The Labute approximate surface area is 149 Å². The van der Waals surface area contributed by atoms with Gasteiger partial charge in [0.05, 0.1) is 0 Å². The van der Waals surface area contributed by atoms with E-state index in [4.69, 9.17) is 10.8 Å². The first kappa shape index (κ1) is 22.9. The molecule has 140 valence electrons. The highest BCUT2D eigenvalue weighted by molar-refractivity contribution is 5.73. The van der Waals surface area contributed by atoms with Crippen LogP contribution < -0.4 is 5.73 Å². The summed E-state index contributed by atoms with van der Waals surface area (Å²) in [5, 5.41) is 8.94. The van der Waals surface area contributed by atoms with E-state index >= 15 is 0 Å². The van der Waals surface area contributed by atoms with Crippen molar-refractivity contribution in [2.75, 3.05) is 6.61 Å². The van der Waals surface area contributed by atoms with Crippen molar-refractivity contribution in [2.24, 2.45) is 11.7 Å². The summed E-state index contributed by atoms with van der Waals surface area (Å²) in [5.41, 5.74) is 5.11. The molecule has 0 bridgehead atoms. The lowest BCUT2D eigenvalue weighted by Gasteiger charge is -2.05. The van der Waals surface area contributed by atoms with Gasteiger partial charge in [0.1, 0.15) is 0 Å². The maximum absolute atomic E-state index is 10.6. The molecule has 0 aromatic carbocycles. The lowest BCUT2D eigenvalue weighted by molar-refractivity contribution is -0.118. The van der Waals surface area contributed by atoms with Crippen LogP contribution in [0.2, 0.25) is 0 Å². The van der Waals surface area contributed by atoms with Gasteiger partial charge in [-0.2, -0.15) is 0 Å². The van der Waals surface area contributed by atoms with E-state index in [2.05, 4.69) is 31.2 Å². The number of nitrogens with two attached hydrogens (primary N) is 1. The van der Waals surface area contributed by atoms with Gasteiger partial charge in [0.15, 0.2) is 0 Å². The Bertz CT molecular complexity index is 337. The van der Waals surface area contributed by atoms with Gasteiger partial charge in [-0.25, -0.2) is 0 Å². The average Bonchev–Trinajstić information content (AvgIpc) is 2.57. The molecule has 0 aliphatic heterocycles. The zero-order valence-electron chi connectivity index (χ0n) is 15.7. The van der Waals surface area contributed by atoms with Crippen LogP contribution in [0.25, 0.3) is 0 Å². The standard InChI is InChI=1S/C21H39NO2/c1-20(19-23)17-15-13-11-9-7-5-3-2-4-6-8-10-12-14-16-18-21(22)24/h2-3,5,7,20,23H,4,6,8-19H2,1H3,(H2,22,24). The molecule has 0 rings (SSSR count). The minimum atomic E-state index is -0.176. The number of rotatable bonds is 17. The molecule has 3 N–H and O–H groups in total. The molecule has 0 radical (unpaired) electrons. The molecule has 0 saturated carbocycles. The summed E-state index contributed by atoms with van der Waals surface area (Å²) < 4.78 is 0. The monoisotopic (exact) mass is 337 g/mol. The summed E-state index contributed by atoms with van der Waals surface area (Å²) in [5.74, 6) is 0.281. The normalized spacial score (nSPS) is 13.1. The first-order chi connectivity index (χ1) is 11.7. The molecule has 0 aromatic rings. The van der Waals surface area contributed by atoms with E-state index in [9.17, 15) is 4.79 Å². The Balaban J connectivity index is 3.24. The van der Waals surface area contributed by atoms with E-state index in [1.807, 2.05) is 0 Å². The van der Waals surface area contributed by atoms with E-state index in [1.54, 1.807) is 0 Å². The second-order valence-electron chi connectivity index (χ2n) is 6.91. The van der Waals surface area contributed by atoms with E-state index in [0.717, 1.165) is 32.1 Å². The Kier molecular flexibility index (Phi) is 17.4. The molecule has 1 amide bonds. The van der Waals surface area contributed by atoms with Crippen molar-refractivity contribution in [3.8, 4) is 0 Å². The summed E-state index contributed by atoms with van der Waals surface area (Å²) in [7, 11) is 0. The lowest BCUT2D eigenvalue weighted by atomic mass is 10.0. The predicted octanol–water partition coefficient (Wildman–Crippen LogP) is 5.28. The van der Waals surface area contributed by atoms with Gasteiger partial charge in [0.25, 0.3) is 0 Å². The molecular weight excluding hydrogens is 298 g/mol. The van der Waals surface area contributed by atoms with Crippen LogP contribution >= 0.6 is 0 Å². The predicted molar refractivity (Wildman–Crippen MR) is 104 cm³/mol. The number of allylic oxidation sites excluding steroid dienone is 4. The van der Waals surface area contributed by atoms with E-state index in [-0.39, 0.29) is 5.91 Å². The van der Waals surface area contributed by atoms with Crippen molar-refractivity contribution in [2.45, 2.75) is 90.4 Å². The maximum atomic E-state index is 10.6. The Morgan fingerprint density at radius 1 is 0.875 bits per heavy atom. The van der Waals surface area contributed by atoms with Crippen LogP contribution in [-0.2, 0) is 4.79 Å². The van der Waals surface area contributed by atoms with Gasteiger partial charge in [-0.05, 0) is 44.4 Å². The Hall–Kier alpha value is -1.09. The molecule has 3 heteroatoms. The number of carbonyl (C=O) groups is 1. The summed E-state index contributed by atoms with van der Waals surface area (Å²) >= 11 is 0. The van der Waals surface area contributed by atoms with Gasteiger partial charge < -0.3 is 10.8 Å². The summed E-state index contributed by atoms with van der Waals surface area (Å²) in [6, 6.07) is 0. The number of primary amides is 1. The van der Waals surface area contributed by atoms with Crippen molar-refractivity contribution in [1.29, 1.82) is 0 Å². The first-order valence-corrected chi connectivity index (χ1v) is 9.87. The largest absolute Gasteiger partial charge is 0.396 e. The summed E-state index contributed by atoms with van der Waals surface area (Å²) in [4.78, 5) is 10.6. The minimum Gasteiger partial charge on any atom is -0.396 e. The van der Waals surface area contributed by atoms with Gasteiger partial charge in [0.2, 0.25) is 5.91 Å². The fraction of sp³-hybridized carbons (Fsp3) is 0.762. The third-order valence-corrected chi connectivity index (χ3v) is 4.31. The molecule has 0 aliphatic rings. The van der Waals surface area contributed by atoms with E-state index in [0.29, 0.717) is 18.9 Å². The van der Waals surface area contributed by atoms with E-state index in [1.165, 1.54) is 44.9 Å². The topological polar surface area (TPSA) is 63.3 Å². The molecule has 0 aliphatic carbocycles. The van der Waals surface area contributed by atoms with Crippen molar-refractivity contribution < 1.29 is 9.90 Å². The van der Waals surface area contributed by atoms with Crippen molar-refractivity contribution >= 4 is 5.91 Å². The number of carbonyl (C=O) groups excluding carboxylic acids is 1. The molecule has 3 nitrogen and oxygen atoms in total. The SMILES string of the molecule is CC(CO)CCCCCC=CC=CCCCCCCCCC(N)=O. The summed E-state index contributed by atoms with van der Waals surface area (Å²) in [6.45, 7) is 2.43. The van der Waals surface area contributed by atoms with Gasteiger partial charge in [-0.3, -0.25) is 4.79 Å². The van der Waals surface area contributed by atoms with Crippen LogP contribution in [0.4, 0.5) is 0 Å². The van der Waals surface area contributed by atoms with Gasteiger partial charge >= 0.3 is 0 Å². The van der Waals surface area contributed by atoms with Crippen LogP contribution in [0.3, 0.4) is 0 Å². The Morgan fingerprint density at radius 2 is 1.38 bits per heavy atom. The molecule has 0 aromatic heterocycles. The highest BCUT2D eigenvalue weighted by Crippen LogP contribution is 2.10. The quantitative estimate of drug-likeness (QED) is 0.280. The third kappa shape index (κ3) is 19.0. The Morgan fingerprint density at radius 3 is 1.92 bits per heavy atom. The second-order valence-corrected chi connectivity index (χ2v) is 6.91. The van der Waals surface area contributed by atoms with Gasteiger partial charge in [-0.15, -0.1) is 0 Å². The number of hydrogen-bond acceptors (Lipinski definition) is 2. The molecule has 1 atom stereocenters. The minimum absolute atomic E-state index is 0.176. The zero-order chi connectivity index (χ0) is 17.9. The molecule has 1 unspecified atom stereocenters. The molecule has 0 fully saturated rings. The highest BCUT2D eigenvalue weighted by Gasteiger charge is 1.98. The maximum Gasteiger partial charge on any atom is 0.217 e. The smallest absolute Gasteiger partial charge is 0.217 e. The second kappa shape index (κ2) is 18.3. The van der Waals surface area contributed by atoms with Crippen LogP contribution in [0, 0.1) is 5.92 Å². The number of aliphatic hydroxyl groups is 1. The number of unbranched alkanes of at least 4 members (excludes halogenated alkanes) is 9. The fourth-order valence-corrected chi connectivity index (χ4v) is 2.64. The van der Waals surface area contributed by atoms with Crippen molar-refractivity contribution in [3.05, 3.63) is 24.3 Å². The summed E-state index contributed by atoms with van der Waals surface area (Å²) in [6.07, 6.45) is 23.7. The van der Waals surface area contributed by atoms with Crippen LogP contribution in [-0.4, -0.2) is 17.6 Å². The van der Waals surface area contributed by atoms with Crippen molar-refractivity contribution in [1.82, 2.24) is 0 Å². The third-order valence-electron chi connectivity index (χ3n) is 4.31. The van der Waals surface area contributed by atoms with Crippen molar-refractivity contribution in [3.63, 3.8) is 0 Å².